The molecule has 0 atom stereocenters. The average Bonchev–Trinajstić information content (AvgIpc) is 1.99. The summed E-state index contributed by atoms with van der Waals surface area (Å²) < 4.78 is 0. The fourth-order valence-corrected chi connectivity index (χ4v) is 0.430. The number of nitrogens with one attached hydrogen (secondary N) is 2. The first kappa shape index (κ1) is 11.4. The molecule has 72 valence electrons. The van der Waals surface area contributed by atoms with Gasteiger partial charge in [0.05, 0.1) is 6.07 Å². The summed E-state index contributed by atoms with van der Waals surface area (Å²) in [7, 11) is 0. The molecule has 0 aliphatic rings. The van der Waals surface area contributed by atoms with E-state index in [1.807, 2.05) is 0 Å². The van der Waals surface area contributed by atoms with Crippen LogP contribution >= 0.6 is 0 Å². The van der Waals surface area contributed by atoms with Crippen LogP contribution < -0.4 is 10.9 Å². The first-order valence-electron chi connectivity index (χ1n) is 3.84. The summed E-state index contributed by atoms with van der Waals surface area (Å²) in [6, 6.07) is 1.67. The third-order valence-electron chi connectivity index (χ3n) is 1.24. The molecule has 0 fully saturated rings. The molecule has 0 aliphatic heterocycles. The molecule has 0 radical (unpaired) electrons. The lowest BCUT2D eigenvalue weighted by atomic mass is 9.96. The van der Waals surface area contributed by atoms with Gasteiger partial charge in [-0.15, -0.1) is 0 Å². The van der Waals surface area contributed by atoms with Crippen molar-refractivity contribution in [3.05, 3.63) is 0 Å². The third-order valence-corrected chi connectivity index (χ3v) is 1.24. The van der Waals surface area contributed by atoms with Gasteiger partial charge in [-0.3, -0.25) is 20.4 Å². The Kier molecular flexibility index (Phi) is 3.92. The molecular weight excluding hydrogens is 170 g/mol. The quantitative estimate of drug-likeness (QED) is 0.565. The Morgan fingerprint density at radius 3 is 2.23 bits per heavy atom. The van der Waals surface area contributed by atoms with Gasteiger partial charge >= 0.3 is 0 Å². The second-order valence-electron chi connectivity index (χ2n) is 3.59. The van der Waals surface area contributed by atoms with E-state index in [1.54, 1.807) is 26.8 Å². The van der Waals surface area contributed by atoms with Gasteiger partial charge in [-0.25, -0.2) is 0 Å². The molecule has 2 N–H and O–H groups in total. The molecule has 0 rings (SSSR count). The highest BCUT2D eigenvalue weighted by Gasteiger charge is 2.21. The van der Waals surface area contributed by atoms with E-state index < -0.39 is 11.3 Å². The molecule has 0 spiro atoms. The van der Waals surface area contributed by atoms with Crippen molar-refractivity contribution in [2.24, 2.45) is 5.41 Å². The first-order chi connectivity index (χ1) is 5.88. The molecule has 5 heteroatoms. The van der Waals surface area contributed by atoms with Crippen LogP contribution in [-0.4, -0.2) is 11.8 Å². The molecule has 0 aromatic carbocycles. The zero-order valence-electron chi connectivity index (χ0n) is 7.97. The molecule has 0 aliphatic carbocycles. The van der Waals surface area contributed by atoms with E-state index >= 15 is 0 Å². The third kappa shape index (κ3) is 4.80. The average molecular weight is 183 g/mol. The first-order valence-corrected chi connectivity index (χ1v) is 3.84. The molecule has 13 heavy (non-hydrogen) atoms. The Balaban J connectivity index is 3.86. The van der Waals surface area contributed by atoms with Crippen LogP contribution in [0.15, 0.2) is 0 Å². The topological polar surface area (TPSA) is 82.0 Å². The van der Waals surface area contributed by atoms with Crippen molar-refractivity contribution in [3.63, 3.8) is 0 Å². The van der Waals surface area contributed by atoms with Crippen molar-refractivity contribution in [2.75, 3.05) is 0 Å². The van der Waals surface area contributed by atoms with Crippen LogP contribution in [0.1, 0.15) is 27.2 Å². The number of hydrogen-bond acceptors (Lipinski definition) is 3. The van der Waals surface area contributed by atoms with Crippen LogP contribution in [0.5, 0.6) is 0 Å². The summed E-state index contributed by atoms with van der Waals surface area (Å²) in [4.78, 5) is 21.9. The minimum atomic E-state index is -0.556. The number of carbonyl (C=O) groups excluding carboxylic acids is 2. The summed E-state index contributed by atoms with van der Waals surface area (Å²) in [5.41, 5.74) is 3.79. The Morgan fingerprint density at radius 2 is 1.85 bits per heavy atom. The summed E-state index contributed by atoms with van der Waals surface area (Å²) in [6.45, 7) is 5.16. The summed E-state index contributed by atoms with van der Waals surface area (Å²) in [5.74, 6) is -0.807. The zero-order chi connectivity index (χ0) is 10.5. The summed E-state index contributed by atoms with van der Waals surface area (Å²) in [6.07, 6.45) is -0.260. The standard InChI is InChI=1S/C8H13N3O2/c1-8(2,3)7(13)11-10-6(12)4-5-9/h4H2,1-3H3,(H,10,12)(H,11,13). The molecule has 0 saturated heterocycles. The lowest BCUT2D eigenvalue weighted by molar-refractivity contribution is -0.133. The maximum Gasteiger partial charge on any atom is 0.252 e. The Bertz CT molecular complexity index is 247. The van der Waals surface area contributed by atoms with Crippen LogP contribution in [0.4, 0.5) is 0 Å². The van der Waals surface area contributed by atoms with Gasteiger partial charge in [0.2, 0.25) is 5.91 Å². The van der Waals surface area contributed by atoms with Gasteiger partial charge in [-0.05, 0) is 0 Å². The Morgan fingerprint density at radius 1 is 1.31 bits per heavy atom. The van der Waals surface area contributed by atoms with Crippen LogP contribution in [0, 0.1) is 16.7 Å². The van der Waals surface area contributed by atoms with Crippen molar-refractivity contribution in [1.82, 2.24) is 10.9 Å². The maximum atomic E-state index is 11.2. The van der Waals surface area contributed by atoms with Crippen molar-refractivity contribution in [1.29, 1.82) is 5.26 Å². The summed E-state index contributed by atoms with van der Waals surface area (Å²) >= 11 is 0. The Hall–Kier alpha value is -1.57. The predicted octanol–water partition coefficient (Wildman–Crippen LogP) is 0.0936. The smallest absolute Gasteiger partial charge is 0.252 e. The molecule has 2 amide bonds. The van der Waals surface area contributed by atoms with E-state index in [2.05, 4.69) is 10.9 Å². The molecule has 0 unspecified atom stereocenters. The SMILES string of the molecule is CC(C)(C)C(=O)NNC(=O)CC#N. The van der Waals surface area contributed by atoms with Crippen LogP contribution in [0.25, 0.3) is 0 Å². The zero-order valence-corrected chi connectivity index (χ0v) is 7.97. The highest BCUT2D eigenvalue weighted by Crippen LogP contribution is 2.11. The monoisotopic (exact) mass is 183 g/mol. The van der Waals surface area contributed by atoms with Gasteiger partial charge in [0, 0.05) is 5.41 Å². The van der Waals surface area contributed by atoms with Gasteiger partial charge in [0.15, 0.2) is 0 Å². The van der Waals surface area contributed by atoms with E-state index in [0.29, 0.717) is 0 Å². The largest absolute Gasteiger partial charge is 0.273 e. The number of carbonyl (C=O) groups is 2. The number of nitrogens with zero attached hydrogens (tertiary/aromatic N) is 1. The Labute approximate surface area is 77.1 Å². The lowest BCUT2D eigenvalue weighted by Crippen LogP contribution is -2.46. The molecule has 0 aromatic rings. The predicted molar refractivity (Wildman–Crippen MR) is 46.0 cm³/mol. The maximum absolute atomic E-state index is 11.2. The minimum Gasteiger partial charge on any atom is -0.273 e. The van der Waals surface area contributed by atoms with Crippen molar-refractivity contribution in [3.8, 4) is 6.07 Å². The second-order valence-corrected chi connectivity index (χ2v) is 3.59. The molecule has 5 nitrogen and oxygen atoms in total. The van der Waals surface area contributed by atoms with Gasteiger partial charge in [-0.2, -0.15) is 5.26 Å². The van der Waals surface area contributed by atoms with Crippen molar-refractivity contribution >= 4 is 11.8 Å². The fraction of sp³-hybridized carbons (Fsp3) is 0.625. The molecule has 0 bridgehead atoms. The molecular formula is C8H13N3O2. The summed E-state index contributed by atoms with van der Waals surface area (Å²) in [5, 5.41) is 8.14. The highest BCUT2D eigenvalue weighted by molar-refractivity contribution is 5.85. The minimum absolute atomic E-state index is 0.260. The van der Waals surface area contributed by atoms with E-state index in [1.165, 1.54) is 0 Å². The fourth-order valence-electron chi connectivity index (χ4n) is 0.430. The van der Waals surface area contributed by atoms with E-state index in [0.717, 1.165) is 0 Å². The van der Waals surface area contributed by atoms with Crippen LogP contribution in [-0.2, 0) is 9.59 Å². The highest BCUT2D eigenvalue weighted by atomic mass is 16.2. The van der Waals surface area contributed by atoms with Gasteiger partial charge in [0.25, 0.3) is 5.91 Å². The lowest BCUT2D eigenvalue weighted by Gasteiger charge is -2.17. The number of hydrogen-bond donors (Lipinski definition) is 2. The van der Waals surface area contributed by atoms with Gasteiger partial charge < -0.3 is 0 Å². The van der Waals surface area contributed by atoms with Gasteiger partial charge in [0.1, 0.15) is 6.42 Å². The molecule has 0 saturated carbocycles. The molecule has 0 heterocycles. The van der Waals surface area contributed by atoms with Crippen LogP contribution in [0.2, 0.25) is 0 Å². The van der Waals surface area contributed by atoms with E-state index in [-0.39, 0.29) is 12.3 Å². The second kappa shape index (κ2) is 4.45. The number of rotatable bonds is 1. The number of hydrazine groups is 1. The van der Waals surface area contributed by atoms with E-state index in [9.17, 15) is 9.59 Å². The van der Waals surface area contributed by atoms with Crippen LogP contribution in [0.3, 0.4) is 0 Å². The number of amides is 2. The molecule has 0 aromatic heterocycles. The normalized spacial score (nSPS) is 10.0. The van der Waals surface area contributed by atoms with Crippen molar-refractivity contribution in [2.45, 2.75) is 27.2 Å². The van der Waals surface area contributed by atoms with Gasteiger partial charge in [-0.1, -0.05) is 20.8 Å². The van der Waals surface area contributed by atoms with E-state index in [4.69, 9.17) is 5.26 Å². The number of nitriles is 1. The van der Waals surface area contributed by atoms with Crippen molar-refractivity contribution < 1.29 is 9.59 Å².